The average molecular weight is 357 g/mol. The Morgan fingerprint density at radius 3 is 2.81 bits per heavy atom. The number of hydrogen-bond acceptors (Lipinski definition) is 5. The van der Waals surface area contributed by atoms with E-state index in [2.05, 4.69) is 39.6 Å². The van der Waals surface area contributed by atoms with Crippen LogP contribution in [-0.2, 0) is 11.3 Å². The summed E-state index contributed by atoms with van der Waals surface area (Å²) in [5, 5.41) is 12.5. The van der Waals surface area contributed by atoms with E-state index >= 15 is 0 Å². The van der Waals surface area contributed by atoms with Crippen LogP contribution in [0.1, 0.15) is 43.6 Å². The maximum Gasteiger partial charge on any atom is 0.239 e. The van der Waals surface area contributed by atoms with Crippen LogP contribution < -0.4 is 16.2 Å². The number of nitrogens with zero attached hydrogens (tertiary/aromatic N) is 2. The van der Waals surface area contributed by atoms with Crippen molar-refractivity contribution in [3.63, 3.8) is 0 Å². The number of rotatable bonds is 7. The number of amides is 1. The molecule has 3 atom stereocenters. The van der Waals surface area contributed by atoms with Crippen LogP contribution in [0.3, 0.4) is 0 Å². The normalized spacial score (nSPS) is 21.1. The standard InChI is InChI=1S/C19H27N5O2/c1-13(2)18-20-8-9-24(18)11-15-10-16(23-22-15)19(26)21-17(12-25)14-6-4-3-5-7-14/h3-9,13,15-17,22-23,25H,10-12H2,1-2H3,(H,21,26)/t15?,16?,17-/m1/s1. The summed E-state index contributed by atoms with van der Waals surface area (Å²) in [7, 11) is 0. The van der Waals surface area contributed by atoms with E-state index in [4.69, 9.17) is 0 Å². The first-order chi connectivity index (χ1) is 12.6. The molecule has 7 heteroatoms. The van der Waals surface area contributed by atoms with Gasteiger partial charge in [-0.05, 0) is 12.0 Å². The number of carbonyl (C=O) groups is 1. The van der Waals surface area contributed by atoms with Gasteiger partial charge in [-0.3, -0.25) is 10.2 Å². The molecule has 2 unspecified atom stereocenters. The molecule has 0 bridgehead atoms. The summed E-state index contributed by atoms with van der Waals surface area (Å²) < 4.78 is 2.13. The van der Waals surface area contributed by atoms with Crippen molar-refractivity contribution in [1.29, 1.82) is 0 Å². The summed E-state index contributed by atoms with van der Waals surface area (Å²) in [6, 6.07) is 8.92. The lowest BCUT2D eigenvalue weighted by Gasteiger charge is -2.19. The highest BCUT2D eigenvalue weighted by Crippen LogP contribution is 2.16. The highest BCUT2D eigenvalue weighted by molar-refractivity contribution is 5.82. The predicted molar refractivity (Wildman–Crippen MR) is 99.2 cm³/mol. The third-order valence-electron chi connectivity index (χ3n) is 4.68. The van der Waals surface area contributed by atoms with Crippen LogP contribution in [0.25, 0.3) is 0 Å². The van der Waals surface area contributed by atoms with E-state index in [0.717, 1.165) is 17.9 Å². The number of hydrazine groups is 1. The molecule has 0 radical (unpaired) electrons. The smallest absolute Gasteiger partial charge is 0.239 e. The van der Waals surface area contributed by atoms with E-state index in [9.17, 15) is 9.90 Å². The first kappa shape index (κ1) is 18.6. The van der Waals surface area contributed by atoms with Crippen molar-refractivity contribution in [2.24, 2.45) is 0 Å². The minimum atomic E-state index is -0.397. The summed E-state index contributed by atoms with van der Waals surface area (Å²) >= 11 is 0. The quantitative estimate of drug-likeness (QED) is 0.596. The minimum absolute atomic E-state index is 0.113. The summed E-state index contributed by atoms with van der Waals surface area (Å²) in [6.07, 6.45) is 4.46. The van der Waals surface area contributed by atoms with Crippen LogP contribution in [0.5, 0.6) is 0 Å². The number of aliphatic hydroxyl groups is 1. The molecule has 3 rings (SSSR count). The average Bonchev–Trinajstić information content (AvgIpc) is 3.30. The molecule has 1 amide bonds. The Morgan fingerprint density at radius 1 is 1.35 bits per heavy atom. The molecule has 2 aromatic rings. The van der Waals surface area contributed by atoms with Crippen LogP contribution in [0.4, 0.5) is 0 Å². The van der Waals surface area contributed by atoms with Crippen molar-refractivity contribution >= 4 is 5.91 Å². The molecule has 1 saturated heterocycles. The van der Waals surface area contributed by atoms with Crippen molar-refractivity contribution in [1.82, 2.24) is 25.7 Å². The molecule has 1 aromatic heterocycles. The van der Waals surface area contributed by atoms with E-state index < -0.39 is 6.04 Å². The number of imidazole rings is 1. The lowest BCUT2D eigenvalue weighted by atomic mass is 10.1. The van der Waals surface area contributed by atoms with E-state index in [-0.39, 0.29) is 24.6 Å². The van der Waals surface area contributed by atoms with E-state index in [1.807, 2.05) is 42.7 Å². The Kier molecular flexibility index (Phi) is 6.03. The Morgan fingerprint density at radius 2 is 2.12 bits per heavy atom. The van der Waals surface area contributed by atoms with Crippen LogP contribution in [0.2, 0.25) is 0 Å². The first-order valence-electron chi connectivity index (χ1n) is 9.06. The molecule has 0 aliphatic carbocycles. The number of aromatic nitrogens is 2. The van der Waals surface area contributed by atoms with Gasteiger partial charge in [-0.25, -0.2) is 10.4 Å². The van der Waals surface area contributed by atoms with Crippen molar-refractivity contribution in [3.8, 4) is 0 Å². The van der Waals surface area contributed by atoms with Gasteiger partial charge in [-0.2, -0.15) is 0 Å². The molecule has 2 heterocycles. The van der Waals surface area contributed by atoms with E-state index in [1.165, 1.54) is 0 Å². The van der Waals surface area contributed by atoms with Crippen LogP contribution in [0, 0.1) is 0 Å². The Balaban J connectivity index is 1.56. The maximum absolute atomic E-state index is 12.6. The van der Waals surface area contributed by atoms with Crippen LogP contribution in [-0.4, -0.2) is 39.3 Å². The van der Waals surface area contributed by atoms with Crippen molar-refractivity contribution in [3.05, 3.63) is 54.1 Å². The first-order valence-corrected chi connectivity index (χ1v) is 9.06. The summed E-state index contributed by atoms with van der Waals surface area (Å²) in [6.45, 7) is 4.86. The zero-order valence-electron chi connectivity index (χ0n) is 15.2. The highest BCUT2D eigenvalue weighted by atomic mass is 16.3. The largest absolute Gasteiger partial charge is 0.394 e. The van der Waals surface area contributed by atoms with Gasteiger partial charge in [0.15, 0.2) is 0 Å². The SMILES string of the molecule is CC(C)c1nccn1CC1CC(C(=O)N[C@H](CO)c2ccccc2)NN1. The Hall–Kier alpha value is -2.22. The molecule has 0 saturated carbocycles. The highest BCUT2D eigenvalue weighted by Gasteiger charge is 2.31. The second kappa shape index (κ2) is 8.44. The zero-order valence-corrected chi connectivity index (χ0v) is 15.2. The lowest BCUT2D eigenvalue weighted by molar-refractivity contribution is -0.124. The van der Waals surface area contributed by atoms with Gasteiger partial charge >= 0.3 is 0 Å². The second-order valence-electron chi connectivity index (χ2n) is 7.02. The van der Waals surface area contributed by atoms with Crippen molar-refractivity contribution in [2.45, 2.75) is 50.9 Å². The number of benzene rings is 1. The van der Waals surface area contributed by atoms with Crippen molar-refractivity contribution in [2.75, 3.05) is 6.61 Å². The van der Waals surface area contributed by atoms with Gasteiger partial charge in [-0.1, -0.05) is 44.2 Å². The van der Waals surface area contributed by atoms with E-state index in [1.54, 1.807) is 0 Å². The lowest BCUT2D eigenvalue weighted by Crippen LogP contribution is -2.45. The molecule has 1 aromatic carbocycles. The van der Waals surface area contributed by atoms with Crippen LogP contribution >= 0.6 is 0 Å². The molecule has 4 N–H and O–H groups in total. The fourth-order valence-corrected chi connectivity index (χ4v) is 3.32. The van der Waals surface area contributed by atoms with Gasteiger partial charge in [0.05, 0.1) is 12.6 Å². The molecular formula is C19H27N5O2. The van der Waals surface area contributed by atoms with Crippen molar-refractivity contribution < 1.29 is 9.90 Å². The van der Waals surface area contributed by atoms with Gasteiger partial charge in [0.1, 0.15) is 11.9 Å². The van der Waals surface area contributed by atoms with Gasteiger partial charge < -0.3 is 15.0 Å². The van der Waals surface area contributed by atoms with Gasteiger partial charge in [0, 0.05) is 30.9 Å². The minimum Gasteiger partial charge on any atom is -0.394 e. The van der Waals surface area contributed by atoms with Gasteiger partial charge in [-0.15, -0.1) is 0 Å². The fraction of sp³-hybridized carbons (Fsp3) is 0.474. The Labute approximate surface area is 153 Å². The molecule has 0 spiro atoms. The molecule has 1 aliphatic heterocycles. The fourth-order valence-electron chi connectivity index (χ4n) is 3.32. The molecule has 1 fully saturated rings. The number of hydrogen-bond donors (Lipinski definition) is 4. The molecule has 26 heavy (non-hydrogen) atoms. The van der Waals surface area contributed by atoms with Gasteiger partial charge in [0.2, 0.25) is 5.91 Å². The number of aliphatic hydroxyl groups excluding tert-OH is 1. The third kappa shape index (κ3) is 4.30. The van der Waals surface area contributed by atoms with Crippen LogP contribution in [0.15, 0.2) is 42.7 Å². The summed E-state index contributed by atoms with van der Waals surface area (Å²) in [5.74, 6) is 1.29. The topological polar surface area (TPSA) is 91.2 Å². The predicted octanol–water partition coefficient (Wildman–Crippen LogP) is 1.09. The third-order valence-corrected chi connectivity index (χ3v) is 4.68. The summed E-state index contributed by atoms with van der Waals surface area (Å²) in [5.41, 5.74) is 7.17. The number of carbonyl (C=O) groups excluding carboxylic acids is 1. The zero-order chi connectivity index (χ0) is 18.5. The summed E-state index contributed by atoms with van der Waals surface area (Å²) in [4.78, 5) is 17.0. The monoisotopic (exact) mass is 357 g/mol. The molecular weight excluding hydrogens is 330 g/mol. The maximum atomic E-state index is 12.6. The number of nitrogens with one attached hydrogen (secondary N) is 3. The van der Waals surface area contributed by atoms with Gasteiger partial charge in [0.25, 0.3) is 0 Å². The Bertz CT molecular complexity index is 716. The molecule has 7 nitrogen and oxygen atoms in total. The molecule has 140 valence electrons. The molecule has 1 aliphatic rings. The second-order valence-corrected chi connectivity index (χ2v) is 7.02. The van der Waals surface area contributed by atoms with E-state index in [0.29, 0.717) is 12.3 Å².